The number of rotatable bonds is 3. The summed E-state index contributed by atoms with van der Waals surface area (Å²) in [6.45, 7) is 4.86. The van der Waals surface area contributed by atoms with Gasteiger partial charge in [0.25, 0.3) is 0 Å². The van der Waals surface area contributed by atoms with Crippen molar-refractivity contribution >= 4 is 5.84 Å². The molecule has 98 valence electrons. The van der Waals surface area contributed by atoms with E-state index in [4.69, 9.17) is 10.9 Å². The minimum absolute atomic E-state index is 0.0738. The molecule has 1 heterocycles. The van der Waals surface area contributed by atoms with Crippen LogP contribution in [0.15, 0.2) is 23.4 Å². The lowest BCUT2D eigenvalue weighted by molar-refractivity contribution is 0.314. The fraction of sp³-hybridized carbons (Fsp3) is 0.462. The number of oxime groups is 1. The smallest absolute Gasteiger partial charge is 0.170 e. The van der Waals surface area contributed by atoms with Crippen molar-refractivity contribution in [3.05, 3.63) is 35.1 Å². The van der Waals surface area contributed by atoms with Crippen LogP contribution in [0.5, 0.6) is 0 Å². The fourth-order valence-electron chi connectivity index (χ4n) is 2.30. The predicted octanol–water partition coefficient (Wildman–Crippen LogP) is 1.76. The summed E-state index contributed by atoms with van der Waals surface area (Å²) in [6, 6.07) is 4.68. The van der Waals surface area contributed by atoms with Gasteiger partial charge in [0.2, 0.25) is 0 Å². The van der Waals surface area contributed by atoms with Crippen LogP contribution in [0.25, 0.3) is 0 Å². The maximum absolute atomic E-state index is 13.9. The van der Waals surface area contributed by atoms with E-state index in [2.05, 4.69) is 17.0 Å². The zero-order valence-electron chi connectivity index (χ0n) is 10.4. The molecule has 2 rings (SSSR count). The van der Waals surface area contributed by atoms with Gasteiger partial charge in [-0.05, 0) is 24.9 Å². The van der Waals surface area contributed by atoms with Crippen molar-refractivity contribution in [2.75, 3.05) is 13.1 Å². The summed E-state index contributed by atoms with van der Waals surface area (Å²) in [7, 11) is 0. The molecule has 0 aromatic heterocycles. The third-order valence-corrected chi connectivity index (χ3v) is 3.36. The number of hydrogen-bond donors (Lipinski definition) is 2. The summed E-state index contributed by atoms with van der Waals surface area (Å²) in [5.41, 5.74) is 6.47. The molecule has 1 aromatic carbocycles. The molecule has 0 radical (unpaired) electrons. The van der Waals surface area contributed by atoms with Gasteiger partial charge in [-0.25, -0.2) is 4.39 Å². The van der Waals surface area contributed by atoms with E-state index in [1.54, 1.807) is 12.1 Å². The van der Waals surface area contributed by atoms with E-state index in [1.165, 1.54) is 12.5 Å². The Labute approximate surface area is 106 Å². The van der Waals surface area contributed by atoms with Crippen LogP contribution < -0.4 is 5.73 Å². The van der Waals surface area contributed by atoms with E-state index in [0.29, 0.717) is 23.6 Å². The number of hydrogen-bond acceptors (Lipinski definition) is 3. The molecule has 1 aliphatic heterocycles. The standard InChI is InChI=1S/C13H18FN3O/c1-9-4-5-17(7-9)8-11-3-2-10(6-12(11)14)13(15)16-18/h2-3,6,9,18H,4-5,7-8H2,1H3,(H2,15,16). The Bertz CT molecular complexity index is 462. The molecule has 1 unspecified atom stereocenters. The number of amidine groups is 1. The summed E-state index contributed by atoms with van der Waals surface area (Å²) < 4.78 is 13.9. The largest absolute Gasteiger partial charge is 0.409 e. The zero-order chi connectivity index (χ0) is 13.1. The van der Waals surface area contributed by atoms with Crippen LogP contribution in [0, 0.1) is 11.7 Å². The summed E-state index contributed by atoms with van der Waals surface area (Å²) in [5.74, 6) is 0.304. The van der Waals surface area contributed by atoms with Gasteiger partial charge >= 0.3 is 0 Å². The van der Waals surface area contributed by atoms with Crippen LogP contribution in [0.4, 0.5) is 4.39 Å². The average molecular weight is 251 g/mol. The molecule has 1 aliphatic rings. The molecule has 0 saturated carbocycles. The molecule has 1 fully saturated rings. The molecule has 4 nitrogen and oxygen atoms in total. The van der Waals surface area contributed by atoms with Crippen molar-refractivity contribution in [3.8, 4) is 0 Å². The van der Waals surface area contributed by atoms with Gasteiger partial charge in [-0.3, -0.25) is 4.90 Å². The van der Waals surface area contributed by atoms with Gasteiger partial charge in [0.1, 0.15) is 5.82 Å². The Morgan fingerprint density at radius 1 is 1.61 bits per heavy atom. The van der Waals surface area contributed by atoms with Crippen molar-refractivity contribution < 1.29 is 9.60 Å². The van der Waals surface area contributed by atoms with Crippen molar-refractivity contribution in [1.82, 2.24) is 4.90 Å². The molecular formula is C13H18FN3O. The molecular weight excluding hydrogens is 233 g/mol. The molecule has 5 heteroatoms. The summed E-state index contributed by atoms with van der Waals surface area (Å²) >= 11 is 0. The van der Waals surface area contributed by atoms with Gasteiger partial charge < -0.3 is 10.9 Å². The van der Waals surface area contributed by atoms with Gasteiger partial charge in [-0.15, -0.1) is 0 Å². The predicted molar refractivity (Wildman–Crippen MR) is 68.0 cm³/mol. The Morgan fingerprint density at radius 3 is 2.94 bits per heavy atom. The van der Waals surface area contributed by atoms with Crippen LogP contribution in [0.1, 0.15) is 24.5 Å². The maximum atomic E-state index is 13.9. The minimum Gasteiger partial charge on any atom is -0.409 e. The van der Waals surface area contributed by atoms with E-state index in [1.807, 2.05) is 0 Å². The first kappa shape index (κ1) is 12.8. The van der Waals surface area contributed by atoms with Gasteiger partial charge in [0, 0.05) is 24.2 Å². The second-order valence-electron chi connectivity index (χ2n) is 4.92. The average Bonchev–Trinajstić information content (AvgIpc) is 2.76. The van der Waals surface area contributed by atoms with E-state index in [9.17, 15) is 4.39 Å². The lowest BCUT2D eigenvalue weighted by atomic mass is 10.1. The molecule has 1 aromatic rings. The third kappa shape index (κ3) is 2.79. The highest BCUT2D eigenvalue weighted by Crippen LogP contribution is 2.19. The first-order valence-electron chi connectivity index (χ1n) is 6.09. The quantitative estimate of drug-likeness (QED) is 0.372. The zero-order valence-corrected chi connectivity index (χ0v) is 10.4. The van der Waals surface area contributed by atoms with Crippen LogP contribution in [-0.2, 0) is 6.54 Å². The Balaban J connectivity index is 2.10. The molecule has 0 spiro atoms. The Hall–Kier alpha value is -1.62. The van der Waals surface area contributed by atoms with Crippen molar-refractivity contribution in [2.45, 2.75) is 19.9 Å². The second-order valence-corrected chi connectivity index (χ2v) is 4.92. The van der Waals surface area contributed by atoms with Crippen molar-refractivity contribution in [3.63, 3.8) is 0 Å². The molecule has 1 saturated heterocycles. The van der Waals surface area contributed by atoms with Crippen molar-refractivity contribution in [1.29, 1.82) is 0 Å². The Kier molecular flexibility index (Phi) is 3.81. The summed E-state index contributed by atoms with van der Waals surface area (Å²) in [6.07, 6.45) is 1.17. The molecule has 3 N–H and O–H groups in total. The minimum atomic E-state index is -0.307. The van der Waals surface area contributed by atoms with Crippen molar-refractivity contribution in [2.24, 2.45) is 16.8 Å². The number of likely N-dealkylation sites (tertiary alicyclic amines) is 1. The van der Waals surface area contributed by atoms with Gasteiger partial charge in [0.05, 0.1) is 0 Å². The van der Waals surface area contributed by atoms with Gasteiger partial charge in [0.15, 0.2) is 5.84 Å². The summed E-state index contributed by atoms with van der Waals surface area (Å²) in [4.78, 5) is 2.24. The lowest BCUT2D eigenvalue weighted by Crippen LogP contribution is -2.21. The highest BCUT2D eigenvalue weighted by molar-refractivity contribution is 5.97. The molecule has 18 heavy (non-hydrogen) atoms. The fourth-order valence-corrected chi connectivity index (χ4v) is 2.30. The van der Waals surface area contributed by atoms with E-state index in [0.717, 1.165) is 13.1 Å². The first-order valence-corrected chi connectivity index (χ1v) is 6.09. The normalized spacial score (nSPS) is 21.4. The highest BCUT2D eigenvalue weighted by atomic mass is 19.1. The first-order chi connectivity index (χ1) is 8.60. The number of nitrogens with two attached hydrogens (primary N) is 1. The van der Waals surface area contributed by atoms with E-state index >= 15 is 0 Å². The van der Waals surface area contributed by atoms with Crippen LogP contribution in [0.3, 0.4) is 0 Å². The number of benzene rings is 1. The lowest BCUT2D eigenvalue weighted by Gasteiger charge is -2.16. The summed E-state index contributed by atoms with van der Waals surface area (Å²) in [5, 5.41) is 11.4. The monoisotopic (exact) mass is 251 g/mol. The Morgan fingerprint density at radius 2 is 2.39 bits per heavy atom. The SMILES string of the molecule is CC1CCN(Cc2ccc(C(N)=NO)cc2F)C1. The van der Waals surface area contributed by atoms with Gasteiger partial charge in [-0.2, -0.15) is 0 Å². The van der Waals surface area contributed by atoms with E-state index in [-0.39, 0.29) is 11.7 Å². The van der Waals surface area contributed by atoms with Crippen LogP contribution >= 0.6 is 0 Å². The van der Waals surface area contributed by atoms with Crippen LogP contribution in [0.2, 0.25) is 0 Å². The topological polar surface area (TPSA) is 61.8 Å². The second kappa shape index (κ2) is 5.35. The third-order valence-electron chi connectivity index (χ3n) is 3.36. The van der Waals surface area contributed by atoms with Crippen LogP contribution in [-0.4, -0.2) is 29.0 Å². The van der Waals surface area contributed by atoms with Gasteiger partial charge in [-0.1, -0.05) is 24.2 Å². The van der Waals surface area contributed by atoms with E-state index < -0.39 is 0 Å². The molecule has 1 atom stereocenters. The molecule has 0 aliphatic carbocycles. The number of nitrogens with zero attached hydrogens (tertiary/aromatic N) is 2. The molecule has 0 bridgehead atoms. The number of halogens is 1. The molecule has 0 amide bonds. The highest BCUT2D eigenvalue weighted by Gasteiger charge is 2.19. The maximum Gasteiger partial charge on any atom is 0.170 e.